The van der Waals surface area contributed by atoms with E-state index in [4.69, 9.17) is 0 Å². The van der Waals surface area contributed by atoms with Crippen molar-refractivity contribution < 1.29 is 0 Å². The predicted octanol–water partition coefficient (Wildman–Crippen LogP) is 15.5. The second kappa shape index (κ2) is 13.0. The molecule has 0 N–H and O–H groups in total. The average Bonchev–Trinajstić information content (AvgIpc) is 3.52. The van der Waals surface area contributed by atoms with Gasteiger partial charge in [-0.25, -0.2) is 0 Å². The van der Waals surface area contributed by atoms with Gasteiger partial charge in [0.2, 0.25) is 0 Å². The van der Waals surface area contributed by atoms with Crippen LogP contribution in [0.2, 0.25) is 0 Å². The molecule has 12 rings (SSSR count). The van der Waals surface area contributed by atoms with Crippen LogP contribution in [-0.2, 0) is 5.41 Å². The summed E-state index contributed by atoms with van der Waals surface area (Å²) in [5, 5.41) is 5.06. The van der Waals surface area contributed by atoms with Gasteiger partial charge in [-0.15, -0.1) is 0 Å². The van der Waals surface area contributed by atoms with E-state index in [-0.39, 0.29) is 5.41 Å². The van der Waals surface area contributed by atoms with Crippen molar-refractivity contribution in [1.29, 1.82) is 0 Å². The van der Waals surface area contributed by atoms with Gasteiger partial charge in [-0.1, -0.05) is 184 Å². The van der Waals surface area contributed by atoms with Crippen LogP contribution in [0.4, 0.5) is 0 Å². The first-order chi connectivity index (χ1) is 29.0. The summed E-state index contributed by atoms with van der Waals surface area (Å²) < 4.78 is 0. The lowest BCUT2D eigenvalue weighted by Crippen LogP contribution is -2.20. The Hall–Kier alpha value is -7.02. The molecule has 0 heteroatoms. The number of fused-ring (bicyclic) bond motifs is 10. The van der Waals surface area contributed by atoms with Gasteiger partial charge >= 0.3 is 0 Å². The first kappa shape index (κ1) is 34.1. The SMILES string of the molecule is CC1(C)c2cc(-c3ccc4ccccc4c3)ccc2-c2ccc(-c3ccc4cc(-c5cccc(C6=CC7C=Cc8ccccc8C7c7ccccc76)c5)ccc4c3)cc21. The highest BCUT2D eigenvalue weighted by Crippen LogP contribution is 2.51. The van der Waals surface area contributed by atoms with Crippen LogP contribution in [-0.4, -0.2) is 0 Å². The van der Waals surface area contributed by atoms with Crippen LogP contribution in [0, 0.1) is 5.92 Å². The summed E-state index contributed by atoms with van der Waals surface area (Å²) >= 11 is 0. The lowest BCUT2D eigenvalue weighted by molar-refractivity contribution is 0.661. The number of rotatable bonds is 4. The smallest absolute Gasteiger partial charge is 0.0199 e. The van der Waals surface area contributed by atoms with Crippen molar-refractivity contribution in [3.05, 3.63) is 239 Å². The molecular formula is C59H42. The topological polar surface area (TPSA) is 0 Å². The molecule has 3 aliphatic carbocycles. The molecule has 9 aromatic rings. The fourth-order valence-electron chi connectivity index (χ4n) is 10.5. The average molecular weight is 751 g/mol. The quantitative estimate of drug-likeness (QED) is 0.168. The van der Waals surface area contributed by atoms with Crippen molar-refractivity contribution in [3.8, 4) is 44.5 Å². The van der Waals surface area contributed by atoms with E-state index < -0.39 is 0 Å². The molecule has 0 heterocycles. The number of benzene rings is 9. The first-order valence-corrected chi connectivity index (χ1v) is 21.0. The van der Waals surface area contributed by atoms with E-state index in [1.165, 1.54) is 111 Å². The van der Waals surface area contributed by atoms with Crippen molar-refractivity contribution in [1.82, 2.24) is 0 Å². The van der Waals surface area contributed by atoms with Gasteiger partial charge in [-0.2, -0.15) is 0 Å². The van der Waals surface area contributed by atoms with E-state index >= 15 is 0 Å². The number of hydrogen-bond acceptors (Lipinski definition) is 0. The summed E-state index contributed by atoms with van der Waals surface area (Å²) in [6.45, 7) is 4.77. The van der Waals surface area contributed by atoms with Gasteiger partial charge in [0, 0.05) is 17.3 Å². The zero-order chi connectivity index (χ0) is 39.2. The second-order valence-electron chi connectivity index (χ2n) is 17.3. The van der Waals surface area contributed by atoms with Crippen molar-refractivity contribution in [3.63, 3.8) is 0 Å². The molecule has 3 aliphatic rings. The van der Waals surface area contributed by atoms with E-state index in [0.29, 0.717) is 11.8 Å². The molecule has 0 spiro atoms. The largest absolute Gasteiger partial charge is 0.0760 e. The Morgan fingerprint density at radius 1 is 0.373 bits per heavy atom. The molecule has 0 fully saturated rings. The van der Waals surface area contributed by atoms with Gasteiger partial charge in [-0.05, 0) is 147 Å². The van der Waals surface area contributed by atoms with Gasteiger partial charge < -0.3 is 0 Å². The maximum absolute atomic E-state index is 2.50. The van der Waals surface area contributed by atoms with Crippen LogP contribution < -0.4 is 0 Å². The first-order valence-electron chi connectivity index (χ1n) is 21.0. The third-order valence-electron chi connectivity index (χ3n) is 13.6. The van der Waals surface area contributed by atoms with Crippen molar-refractivity contribution >= 4 is 33.2 Å². The summed E-state index contributed by atoms with van der Waals surface area (Å²) in [7, 11) is 0. The molecular weight excluding hydrogens is 709 g/mol. The van der Waals surface area contributed by atoms with Crippen LogP contribution in [0.1, 0.15) is 58.7 Å². The maximum Gasteiger partial charge on any atom is 0.0199 e. The summed E-state index contributed by atoms with van der Waals surface area (Å²) in [4.78, 5) is 0. The van der Waals surface area contributed by atoms with Crippen LogP contribution in [0.15, 0.2) is 200 Å². The lowest BCUT2D eigenvalue weighted by atomic mass is 9.68. The molecule has 0 amide bonds. The molecule has 0 nitrogen and oxygen atoms in total. The molecule has 9 aromatic carbocycles. The number of hydrogen-bond donors (Lipinski definition) is 0. The Bertz CT molecular complexity index is 3260. The van der Waals surface area contributed by atoms with Gasteiger partial charge in [0.15, 0.2) is 0 Å². The molecule has 0 aromatic heterocycles. The summed E-state index contributed by atoms with van der Waals surface area (Å²) in [6, 6.07) is 70.5. The van der Waals surface area contributed by atoms with Gasteiger partial charge in [0.05, 0.1) is 0 Å². The minimum Gasteiger partial charge on any atom is -0.0760 e. The van der Waals surface area contributed by atoms with Gasteiger partial charge in [0.1, 0.15) is 0 Å². The van der Waals surface area contributed by atoms with Crippen LogP contribution in [0.3, 0.4) is 0 Å². The van der Waals surface area contributed by atoms with E-state index in [1.54, 1.807) is 0 Å². The maximum atomic E-state index is 2.50. The molecule has 0 aliphatic heterocycles. The molecule has 0 saturated carbocycles. The fourth-order valence-corrected chi connectivity index (χ4v) is 10.5. The Morgan fingerprint density at radius 2 is 0.881 bits per heavy atom. The second-order valence-corrected chi connectivity index (χ2v) is 17.3. The summed E-state index contributed by atoms with van der Waals surface area (Å²) in [5.74, 6) is 0.674. The monoisotopic (exact) mass is 750 g/mol. The highest BCUT2D eigenvalue weighted by atomic mass is 14.4. The van der Waals surface area contributed by atoms with E-state index in [9.17, 15) is 0 Å². The Kier molecular flexibility index (Phi) is 7.50. The van der Waals surface area contributed by atoms with Crippen LogP contribution in [0.25, 0.3) is 77.7 Å². The summed E-state index contributed by atoms with van der Waals surface area (Å²) in [5.41, 5.74) is 21.0. The molecule has 0 bridgehead atoms. The lowest BCUT2D eigenvalue weighted by Gasteiger charge is -2.35. The van der Waals surface area contributed by atoms with Crippen LogP contribution in [0.5, 0.6) is 0 Å². The zero-order valence-electron chi connectivity index (χ0n) is 33.3. The fraction of sp³-hybridized carbons (Fsp3) is 0.0847. The third-order valence-corrected chi connectivity index (χ3v) is 13.6. The van der Waals surface area contributed by atoms with Crippen molar-refractivity contribution in [2.75, 3.05) is 0 Å². The van der Waals surface area contributed by atoms with E-state index in [2.05, 4.69) is 220 Å². The van der Waals surface area contributed by atoms with Gasteiger partial charge in [0.25, 0.3) is 0 Å². The van der Waals surface area contributed by atoms with Crippen molar-refractivity contribution in [2.24, 2.45) is 5.92 Å². The Morgan fingerprint density at radius 3 is 1.58 bits per heavy atom. The van der Waals surface area contributed by atoms with E-state index in [0.717, 1.165) is 0 Å². The zero-order valence-corrected chi connectivity index (χ0v) is 33.3. The standard InChI is InChI=1S/C59H42/c1-59(2)56-35-46(44-20-18-37-10-3-4-12-39(37)30-44)26-28-52(56)53-29-27-47(36-57(53)59)45-24-23-42-31-41(21-22-43(42)32-45)40-13-9-14-48(33-40)55-34-49-25-19-38-11-5-6-15-50(38)58(49)54-17-8-7-16-51(54)55/h3-36,49,58H,1-2H3. The van der Waals surface area contributed by atoms with Crippen molar-refractivity contribution in [2.45, 2.75) is 25.2 Å². The van der Waals surface area contributed by atoms with Gasteiger partial charge in [-0.3, -0.25) is 0 Å². The normalized spacial score (nSPS) is 16.8. The highest BCUT2D eigenvalue weighted by molar-refractivity contribution is 5.94. The third kappa shape index (κ3) is 5.44. The Balaban J connectivity index is 0.846. The molecule has 0 radical (unpaired) electrons. The molecule has 2 unspecified atom stereocenters. The number of allylic oxidation sites excluding steroid dienone is 2. The Labute approximate surface area is 346 Å². The molecule has 278 valence electrons. The molecule has 59 heavy (non-hydrogen) atoms. The molecule has 2 atom stereocenters. The highest BCUT2D eigenvalue weighted by Gasteiger charge is 2.36. The van der Waals surface area contributed by atoms with Crippen LogP contribution >= 0.6 is 0 Å². The predicted molar refractivity (Wildman–Crippen MR) is 250 cm³/mol. The van der Waals surface area contributed by atoms with E-state index in [1.807, 2.05) is 0 Å². The minimum absolute atomic E-state index is 0.107. The molecule has 0 saturated heterocycles. The summed E-state index contributed by atoms with van der Waals surface area (Å²) in [6.07, 6.45) is 7.21. The minimum atomic E-state index is -0.107.